The molecule has 0 aliphatic carbocycles. The summed E-state index contributed by atoms with van der Waals surface area (Å²) in [5.74, 6) is -0.294. The van der Waals surface area contributed by atoms with Crippen LogP contribution in [0.15, 0.2) is 42.6 Å². The molecule has 0 saturated carbocycles. The van der Waals surface area contributed by atoms with Gasteiger partial charge in [-0.15, -0.1) is 0 Å². The number of anilines is 1. The summed E-state index contributed by atoms with van der Waals surface area (Å²) in [5, 5.41) is 9.21. The van der Waals surface area contributed by atoms with Gasteiger partial charge in [-0.3, -0.25) is 4.79 Å². The van der Waals surface area contributed by atoms with Gasteiger partial charge in [0, 0.05) is 18.9 Å². The van der Waals surface area contributed by atoms with E-state index in [0.29, 0.717) is 5.69 Å². The fourth-order valence-electron chi connectivity index (χ4n) is 1.88. The molecule has 0 unspecified atom stereocenters. The third kappa shape index (κ3) is 2.96. The molecule has 1 heterocycles. The Morgan fingerprint density at radius 3 is 2.55 bits per heavy atom. The molecule has 0 radical (unpaired) electrons. The number of rotatable bonds is 4. The van der Waals surface area contributed by atoms with Gasteiger partial charge in [0.25, 0.3) is 12.3 Å². The van der Waals surface area contributed by atoms with Crippen molar-refractivity contribution in [1.82, 2.24) is 4.57 Å². The monoisotopic (exact) mass is 280 g/mol. The van der Waals surface area contributed by atoms with Crippen molar-refractivity contribution in [2.45, 2.75) is 13.0 Å². The molecule has 20 heavy (non-hydrogen) atoms. The lowest BCUT2D eigenvalue weighted by atomic mass is 10.2. The Hall–Kier alpha value is -2.37. The van der Waals surface area contributed by atoms with E-state index in [1.807, 2.05) is 0 Å². The highest BCUT2D eigenvalue weighted by atomic mass is 19.3. The normalized spacial score (nSPS) is 10.8. The van der Waals surface area contributed by atoms with Crippen molar-refractivity contribution in [2.24, 2.45) is 0 Å². The largest absolute Gasteiger partial charge is 0.508 e. The van der Waals surface area contributed by atoms with Crippen LogP contribution in [0.5, 0.6) is 5.75 Å². The number of carbonyl (C=O) groups excluding carboxylic acids is 1. The van der Waals surface area contributed by atoms with Crippen LogP contribution < -0.4 is 4.90 Å². The minimum absolute atomic E-state index is 0.0932. The van der Waals surface area contributed by atoms with Gasteiger partial charge in [0.2, 0.25) is 0 Å². The number of alkyl halides is 2. The molecule has 1 N–H and O–H groups in total. The second-order valence-electron chi connectivity index (χ2n) is 4.32. The average molecular weight is 280 g/mol. The lowest BCUT2D eigenvalue weighted by Gasteiger charge is -2.18. The topological polar surface area (TPSA) is 45.5 Å². The Morgan fingerprint density at radius 1 is 1.30 bits per heavy atom. The maximum absolute atomic E-state index is 12.4. The van der Waals surface area contributed by atoms with Gasteiger partial charge in [0.05, 0.1) is 6.54 Å². The van der Waals surface area contributed by atoms with Crippen LogP contribution in [0, 0.1) is 0 Å². The molecule has 0 spiro atoms. The van der Waals surface area contributed by atoms with Crippen molar-refractivity contribution in [3.8, 4) is 5.75 Å². The molecule has 0 bridgehead atoms. The van der Waals surface area contributed by atoms with Gasteiger partial charge in [0.15, 0.2) is 0 Å². The summed E-state index contributed by atoms with van der Waals surface area (Å²) in [6.45, 7) is -0.516. The van der Waals surface area contributed by atoms with Crippen molar-refractivity contribution in [3.63, 3.8) is 0 Å². The summed E-state index contributed by atoms with van der Waals surface area (Å²) >= 11 is 0. The van der Waals surface area contributed by atoms with Gasteiger partial charge < -0.3 is 14.6 Å². The van der Waals surface area contributed by atoms with Crippen LogP contribution in [0.3, 0.4) is 0 Å². The Kier molecular flexibility index (Phi) is 4.02. The molecular weight excluding hydrogens is 266 g/mol. The molecule has 2 aromatic rings. The van der Waals surface area contributed by atoms with E-state index in [4.69, 9.17) is 0 Å². The molecule has 0 atom stereocenters. The summed E-state index contributed by atoms with van der Waals surface area (Å²) < 4.78 is 26.1. The van der Waals surface area contributed by atoms with E-state index < -0.39 is 13.0 Å². The zero-order chi connectivity index (χ0) is 14.7. The van der Waals surface area contributed by atoms with Crippen LogP contribution in [0.1, 0.15) is 10.5 Å². The minimum Gasteiger partial charge on any atom is -0.508 e. The van der Waals surface area contributed by atoms with Gasteiger partial charge in [-0.2, -0.15) is 0 Å². The number of halogens is 2. The van der Waals surface area contributed by atoms with Crippen LogP contribution in [0.25, 0.3) is 0 Å². The van der Waals surface area contributed by atoms with Crippen LogP contribution in [0.4, 0.5) is 14.5 Å². The van der Waals surface area contributed by atoms with E-state index in [1.165, 1.54) is 33.9 Å². The summed E-state index contributed by atoms with van der Waals surface area (Å²) in [7, 11) is 1.55. The van der Waals surface area contributed by atoms with E-state index >= 15 is 0 Å². The average Bonchev–Trinajstić information content (AvgIpc) is 2.85. The number of hydrogen-bond acceptors (Lipinski definition) is 2. The lowest BCUT2D eigenvalue weighted by Crippen LogP contribution is -2.28. The standard InChI is InChI=1S/C14H14F2N2O2/c1-17(10-4-6-11(19)7-5-10)14(20)12-3-2-8-18(12)9-13(15)16/h2-8,13,19H,9H2,1H3. The van der Waals surface area contributed by atoms with Gasteiger partial charge in [-0.05, 0) is 36.4 Å². The van der Waals surface area contributed by atoms with Crippen LogP contribution >= 0.6 is 0 Å². The van der Waals surface area contributed by atoms with Gasteiger partial charge in [-0.1, -0.05) is 0 Å². The van der Waals surface area contributed by atoms with Crippen molar-refractivity contribution >= 4 is 11.6 Å². The number of aromatic hydroxyl groups is 1. The summed E-state index contributed by atoms with van der Waals surface area (Å²) in [4.78, 5) is 13.6. The fourth-order valence-corrected chi connectivity index (χ4v) is 1.88. The number of benzene rings is 1. The molecule has 106 valence electrons. The molecule has 2 rings (SSSR count). The molecule has 0 aliphatic heterocycles. The number of amides is 1. The Bertz CT molecular complexity index is 593. The lowest BCUT2D eigenvalue weighted by molar-refractivity contribution is 0.0969. The minimum atomic E-state index is -2.52. The first kappa shape index (κ1) is 14.0. The molecular formula is C14H14F2N2O2. The first-order valence-electron chi connectivity index (χ1n) is 5.99. The third-order valence-corrected chi connectivity index (χ3v) is 2.93. The van der Waals surface area contributed by atoms with E-state index in [1.54, 1.807) is 25.2 Å². The molecule has 0 aliphatic rings. The maximum atomic E-state index is 12.4. The smallest absolute Gasteiger partial charge is 0.274 e. The van der Waals surface area contributed by atoms with Gasteiger partial charge in [-0.25, -0.2) is 8.78 Å². The zero-order valence-electron chi connectivity index (χ0n) is 10.8. The van der Waals surface area contributed by atoms with Crippen molar-refractivity contribution in [3.05, 3.63) is 48.3 Å². The van der Waals surface area contributed by atoms with Crippen molar-refractivity contribution < 1.29 is 18.7 Å². The number of phenolic OH excluding ortho intramolecular Hbond substituents is 1. The summed E-state index contributed by atoms with van der Waals surface area (Å²) in [6.07, 6.45) is -1.07. The van der Waals surface area contributed by atoms with E-state index in [9.17, 15) is 18.7 Å². The molecule has 1 aromatic heterocycles. The zero-order valence-corrected chi connectivity index (χ0v) is 10.8. The van der Waals surface area contributed by atoms with Gasteiger partial charge in [0.1, 0.15) is 11.4 Å². The SMILES string of the molecule is CN(C(=O)c1cccn1CC(F)F)c1ccc(O)cc1. The molecule has 0 saturated heterocycles. The summed E-state index contributed by atoms with van der Waals surface area (Å²) in [5.41, 5.74) is 0.762. The van der Waals surface area contributed by atoms with E-state index in [2.05, 4.69) is 0 Å². The molecule has 0 fully saturated rings. The second kappa shape index (κ2) is 5.73. The fraction of sp³-hybridized carbons (Fsp3) is 0.214. The highest BCUT2D eigenvalue weighted by molar-refractivity contribution is 6.04. The molecule has 4 nitrogen and oxygen atoms in total. The van der Waals surface area contributed by atoms with Crippen LogP contribution in [-0.2, 0) is 6.54 Å². The van der Waals surface area contributed by atoms with Crippen molar-refractivity contribution in [2.75, 3.05) is 11.9 Å². The highest BCUT2D eigenvalue weighted by Gasteiger charge is 2.18. The Labute approximate surface area is 114 Å². The maximum Gasteiger partial charge on any atom is 0.274 e. The van der Waals surface area contributed by atoms with Crippen LogP contribution in [-0.4, -0.2) is 29.1 Å². The highest BCUT2D eigenvalue weighted by Crippen LogP contribution is 2.19. The predicted octanol–water partition coefficient (Wildman–Crippen LogP) is 2.74. The Balaban J connectivity index is 2.22. The van der Waals surface area contributed by atoms with E-state index in [-0.39, 0.29) is 17.4 Å². The second-order valence-corrected chi connectivity index (χ2v) is 4.32. The number of phenols is 1. The Morgan fingerprint density at radius 2 is 1.95 bits per heavy atom. The first-order valence-corrected chi connectivity index (χ1v) is 5.99. The molecule has 1 amide bonds. The number of aromatic nitrogens is 1. The molecule has 6 heteroatoms. The predicted molar refractivity (Wildman–Crippen MR) is 71.3 cm³/mol. The third-order valence-electron chi connectivity index (χ3n) is 2.93. The summed E-state index contributed by atoms with van der Waals surface area (Å²) in [6, 6.07) is 9.12. The van der Waals surface area contributed by atoms with Crippen LogP contribution in [0.2, 0.25) is 0 Å². The number of hydrogen-bond donors (Lipinski definition) is 1. The first-order chi connectivity index (χ1) is 9.49. The van der Waals surface area contributed by atoms with E-state index in [0.717, 1.165) is 0 Å². The number of nitrogens with zero attached hydrogens (tertiary/aromatic N) is 2. The number of carbonyl (C=O) groups is 1. The van der Waals surface area contributed by atoms with Crippen molar-refractivity contribution in [1.29, 1.82) is 0 Å². The van der Waals surface area contributed by atoms with Gasteiger partial charge >= 0.3 is 0 Å². The quantitative estimate of drug-likeness (QED) is 0.936. The molecule has 1 aromatic carbocycles.